The van der Waals surface area contributed by atoms with Gasteiger partial charge < -0.3 is 21.7 Å². The van der Waals surface area contributed by atoms with Gasteiger partial charge in [-0.05, 0) is 50.9 Å². The molecule has 1 aromatic heterocycles. The van der Waals surface area contributed by atoms with E-state index in [-0.39, 0.29) is 17.6 Å². The van der Waals surface area contributed by atoms with E-state index in [4.69, 9.17) is 5.73 Å². The number of primary amides is 1. The monoisotopic (exact) mass is 398 g/mol. The summed E-state index contributed by atoms with van der Waals surface area (Å²) in [6.45, 7) is 6.32. The van der Waals surface area contributed by atoms with Gasteiger partial charge in [0.15, 0.2) is 11.5 Å². The molecule has 0 aliphatic carbocycles. The van der Waals surface area contributed by atoms with E-state index in [1.54, 1.807) is 7.05 Å². The number of hydrogen-bond donors (Lipinski definition) is 4. The Morgan fingerprint density at radius 3 is 2.45 bits per heavy atom. The number of carbonyl (C=O) groups is 2. The smallest absolute Gasteiger partial charge is 0.271 e. The molecule has 0 fully saturated rings. The number of anilines is 2. The molecule has 0 unspecified atom stereocenters. The predicted octanol–water partition coefficient (Wildman–Crippen LogP) is 1.71. The average molecular weight is 399 g/mol. The van der Waals surface area contributed by atoms with Crippen LogP contribution in [0.5, 0.6) is 0 Å². The van der Waals surface area contributed by atoms with Crippen LogP contribution in [0.4, 0.5) is 11.5 Å². The Balaban J connectivity index is 2.15. The second-order valence-corrected chi connectivity index (χ2v) is 6.76. The highest BCUT2D eigenvalue weighted by atomic mass is 16.2. The van der Waals surface area contributed by atoms with E-state index in [1.165, 1.54) is 0 Å². The molecule has 0 bridgehead atoms. The number of benzene rings is 1. The molecule has 1 heterocycles. The third-order valence-electron chi connectivity index (χ3n) is 4.68. The van der Waals surface area contributed by atoms with Crippen LogP contribution in [-0.2, 0) is 24.1 Å². The molecule has 0 spiro atoms. The van der Waals surface area contributed by atoms with E-state index in [2.05, 4.69) is 25.9 Å². The molecule has 0 aliphatic rings. The van der Waals surface area contributed by atoms with Gasteiger partial charge in [0.05, 0.1) is 17.4 Å². The van der Waals surface area contributed by atoms with E-state index in [0.29, 0.717) is 31.6 Å². The van der Waals surface area contributed by atoms with Crippen molar-refractivity contribution >= 4 is 23.3 Å². The van der Waals surface area contributed by atoms with Gasteiger partial charge in [0.2, 0.25) is 5.91 Å². The Bertz CT molecular complexity index is 868. The number of hydrogen-bond acceptors (Lipinski definition) is 6. The van der Waals surface area contributed by atoms with Crippen LogP contribution in [0, 0.1) is 0 Å². The first-order valence-electron chi connectivity index (χ1n) is 9.90. The third kappa shape index (κ3) is 5.99. The molecule has 0 saturated carbocycles. The largest absolute Gasteiger partial charge is 0.364 e. The molecule has 29 heavy (non-hydrogen) atoms. The molecule has 0 aliphatic heterocycles. The quantitative estimate of drug-likeness (QED) is 0.483. The highest BCUT2D eigenvalue weighted by Crippen LogP contribution is 2.21. The fourth-order valence-corrected chi connectivity index (χ4v) is 2.89. The van der Waals surface area contributed by atoms with Crippen LogP contribution < -0.4 is 21.7 Å². The zero-order valence-electron chi connectivity index (χ0n) is 17.5. The molecular weight excluding hydrogens is 368 g/mol. The summed E-state index contributed by atoms with van der Waals surface area (Å²) in [6, 6.07) is 7.51. The second-order valence-electron chi connectivity index (χ2n) is 6.76. The summed E-state index contributed by atoms with van der Waals surface area (Å²) in [5, 5.41) is 8.98. The highest BCUT2D eigenvalue weighted by Gasteiger charge is 2.16. The summed E-state index contributed by atoms with van der Waals surface area (Å²) in [5.74, 6) is -0.291. The number of likely N-dealkylation sites (N-methyl/N-ethyl adjacent to an activating group) is 1. The molecular formula is C21H30N6O2. The Morgan fingerprint density at radius 1 is 1.14 bits per heavy atom. The van der Waals surface area contributed by atoms with Crippen molar-refractivity contribution in [3.05, 3.63) is 46.9 Å². The summed E-state index contributed by atoms with van der Waals surface area (Å²) in [4.78, 5) is 32.7. The zero-order valence-corrected chi connectivity index (χ0v) is 17.5. The van der Waals surface area contributed by atoms with Crippen molar-refractivity contribution in [1.29, 1.82) is 0 Å². The molecule has 0 saturated heterocycles. The lowest BCUT2D eigenvalue weighted by atomic mass is 10.1. The van der Waals surface area contributed by atoms with Crippen LogP contribution in [0.3, 0.4) is 0 Å². The van der Waals surface area contributed by atoms with E-state index >= 15 is 0 Å². The first-order valence-corrected chi connectivity index (χ1v) is 9.90. The number of nitrogens with zero attached hydrogens (tertiary/aromatic N) is 2. The van der Waals surface area contributed by atoms with Gasteiger partial charge in [-0.3, -0.25) is 9.59 Å². The summed E-state index contributed by atoms with van der Waals surface area (Å²) in [5.41, 5.74) is 9.10. The van der Waals surface area contributed by atoms with Crippen LogP contribution in [0.2, 0.25) is 0 Å². The van der Waals surface area contributed by atoms with Gasteiger partial charge in [-0.25, -0.2) is 9.97 Å². The topological polar surface area (TPSA) is 122 Å². The van der Waals surface area contributed by atoms with Crippen molar-refractivity contribution in [1.82, 2.24) is 20.6 Å². The fourth-order valence-electron chi connectivity index (χ4n) is 2.89. The predicted molar refractivity (Wildman–Crippen MR) is 114 cm³/mol. The number of carbonyl (C=O) groups excluding carboxylic acids is 2. The number of amides is 2. The van der Waals surface area contributed by atoms with Crippen molar-refractivity contribution < 1.29 is 9.59 Å². The van der Waals surface area contributed by atoms with Crippen molar-refractivity contribution in [2.75, 3.05) is 18.9 Å². The molecule has 0 radical (unpaired) electrons. The molecule has 2 amide bonds. The van der Waals surface area contributed by atoms with E-state index in [0.717, 1.165) is 22.6 Å². The van der Waals surface area contributed by atoms with Gasteiger partial charge in [-0.2, -0.15) is 0 Å². The molecule has 2 aromatic rings. The first-order chi connectivity index (χ1) is 13.9. The van der Waals surface area contributed by atoms with Crippen molar-refractivity contribution in [3.8, 4) is 0 Å². The number of aromatic nitrogens is 2. The maximum Gasteiger partial charge on any atom is 0.271 e. The SMILES string of the molecule is CCc1nc(Nc2cccc(CCNC(=O)[C@H](C)NC)c2)c(C(N)=O)nc1CC. The van der Waals surface area contributed by atoms with Crippen LogP contribution in [-0.4, -0.2) is 41.4 Å². The Kier molecular flexibility index (Phi) is 8.09. The van der Waals surface area contributed by atoms with Crippen molar-refractivity contribution in [2.45, 2.75) is 46.1 Å². The molecule has 8 nitrogen and oxygen atoms in total. The van der Waals surface area contributed by atoms with Crippen LogP contribution in [0.1, 0.15) is 48.2 Å². The Morgan fingerprint density at radius 2 is 1.83 bits per heavy atom. The van der Waals surface area contributed by atoms with Gasteiger partial charge >= 0.3 is 0 Å². The van der Waals surface area contributed by atoms with Crippen molar-refractivity contribution in [3.63, 3.8) is 0 Å². The van der Waals surface area contributed by atoms with Crippen molar-refractivity contribution in [2.24, 2.45) is 5.73 Å². The molecule has 8 heteroatoms. The molecule has 2 rings (SSSR count). The standard InChI is InChI=1S/C21H30N6O2/c1-5-16-17(6-2)27-20(18(26-16)19(22)28)25-15-9-7-8-14(12-15)10-11-24-21(29)13(3)23-4/h7-9,12-13,23H,5-6,10-11H2,1-4H3,(H2,22,28)(H,24,29)(H,25,27)/t13-/m0/s1. The zero-order chi connectivity index (χ0) is 21.4. The van der Waals surface area contributed by atoms with Crippen LogP contribution in [0.15, 0.2) is 24.3 Å². The minimum Gasteiger partial charge on any atom is -0.364 e. The summed E-state index contributed by atoms with van der Waals surface area (Å²) < 4.78 is 0. The summed E-state index contributed by atoms with van der Waals surface area (Å²) >= 11 is 0. The second kappa shape index (κ2) is 10.5. The lowest BCUT2D eigenvalue weighted by molar-refractivity contribution is -0.122. The van der Waals surface area contributed by atoms with Crippen LogP contribution >= 0.6 is 0 Å². The van der Waals surface area contributed by atoms with E-state index in [9.17, 15) is 9.59 Å². The normalized spacial score (nSPS) is 11.7. The fraction of sp³-hybridized carbons (Fsp3) is 0.429. The Hall–Kier alpha value is -3.00. The molecule has 1 atom stereocenters. The average Bonchev–Trinajstić information content (AvgIpc) is 2.72. The summed E-state index contributed by atoms with van der Waals surface area (Å²) in [7, 11) is 1.75. The lowest BCUT2D eigenvalue weighted by Gasteiger charge is -2.14. The maximum absolute atomic E-state index is 11.9. The highest BCUT2D eigenvalue weighted by molar-refractivity contribution is 5.96. The number of aryl methyl sites for hydroxylation is 2. The Labute approximate surface area is 171 Å². The minimum absolute atomic E-state index is 0.0359. The summed E-state index contributed by atoms with van der Waals surface area (Å²) in [6.07, 6.45) is 2.08. The van der Waals surface area contributed by atoms with Gasteiger partial charge in [0.1, 0.15) is 0 Å². The van der Waals surface area contributed by atoms with E-state index < -0.39 is 5.91 Å². The van der Waals surface area contributed by atoms with Gasteiger partial charge in [0.25, 0.3) is 5.91 Å². The number of rotatable bonds is 10. The number of nitrogens with two attached hydrogens (primary N) is 1. The first kappa shape index (κ1) is 22.3. The number of nitrogens with one attached hydrogen (secondary N) is 3. The van der Waals surface area contributed by atoms with E-state index in [1.807, 2.05) is 45.0 Å². The van der Waals surface area contributed by atoms with Gasteiger partial charge in [-0.1, -0.05) is 26.0 Å². The van der Waals surface area contributed by atoms with Crippen LogP contribution in [0.25, 0.3) is 0 Å². The molecule has 1 aromatic carbocycles. The minimum atomic E-state index is -0.616. The van der Waals surface area contributed by atoms with Gasteiger partial charge in [-0.15, -0.1) is 0 Å². The maximum atomic E-state index is 11.9. The molecule has 156 valence electrons. The van der Waals surface area contributed by atoms with Gasteiger partial charge in [0, 0.05) is 12.2 Å². The third-order valence-corrected chi connectivity index (χ3v) is 4.68. The molecule has 5 N–H and O–H groups in total. The lowest BCUT2D eigenvalue weighted by Crippen LogP contribution is -2.41.